The van der Waals surface area contributed by atoms with Crippen molar-refractivity contribution in [2.75, 3.05) is 13.7 Å². The fourth-order valence-corrected chi connectivity index (χ4v) is 4.05. The van der Waals surface area contributed by atoms with Crippen LogP contribution in [-0.4, -0.2) is 34.4 Å². The Morgan fingerprint density at radius 2 is 1.86 bits per heavy atom. The molecule has 1 unspecified atom stereocenters. The molecule has 6 heteroatoms. The standard InChI is InChI=1S/C23H27N3O2S/c1-16-13-17(2)15-20(14-16)26-12-11-25-23(26)29-18(3)22(27)24-10-9-19-5-7-21(28-4)8-6-19/h5-8,11-15,18H,9-10H2,1-4H3,(H,24,27). The molecule has 0 aliphatic rings. The number of carbonyl (C=O) groups is 1. The van der Waals surface area contributed by atoms with Crippen LogP contribution >= 0.6 is 11.8 Å². The number of ether oxygens (including phenoxy) is 1. The third-order valence-electron chi connectivity index (χ3n) is 4.61. The molecule has 3 rings (SSSR count). The average Bonchev–Trinajstić information content (AvgIpc) is 3.15. The van der Waals surface area contributed by atoms with Gasteiger partial charge in [0.2, 0.25) is 5.91 Å². The van der Waals surface area contributed by atoms with E-state index in [9.17, 15) is 4.79 Å². The predicted octanol–water partition coefficient (Wildman–Crippen LogP) is 4.34. The van der Waals surface area contributed by atoms with E-state index in [0.717, 1.165) is 28.6 Å². The molecular weight excluding hydrogens is 382 g/mol. The highest BCUT2D eigenvalue weighted by atomic mass is 32.2. The molecule has 1 heterocycles. The highest BCUT2D eigenvalue weighted by molar-refractivity contribution is 8.00. The van der Waals surface area contributed by atoms with Gasteiger partial charge in [0, 0.05) is 24.6 Å². The molecule has 0 spiro atoms. The number of methoxy groups -OCH3 is 1. The van der Waals surface area contributed by atoms with E-state index in [0.29, 0.717) is 6.54 Å². The molecule has 0 radical (unpaired) electrons. The maximum atomic E-state index is 12.5. The number of aryl methyl sites for hydroxylation is 2. The van der Waals surface area contributed by atoms with Gasteiger partial charge in [-0.25, -0.2) is 4.98 Å². The maximum absolute atomic E-state index is 12.5. The van der Waals surface area contributed by atoms with Crippen LogP contribution in [0.25, 0.3) is 5.69 Å². The Labute approximate surface area is 176 Å². The first-order valence-corrected chi connectivity index (χ1v) is 10.5. The third-order valence-corrected chi connectivity index (χ3v) is 5.70. The molecule has 0 fully saturated rings. The van der Waals surface area contributed by atoms with Crippen molar-refractivity contribution >= 4 is 17.7 Å². The number of benzene rings is 2. The van der Waals surface area contributed by atoms with Crippen molar-refractivity contribution in [3.05, 3.63) is 71.5 Å². The number of nitrogens with one attached hydrogen (secondary N) is 1. The van der Waals surface area contributed by atoms with Gasteiger partial charge in [0.15, 0.2) is 5.16 Å². The summed E-state index contributed by atoms with van der Waals surface area (Å²) in [5, 5.41) is 3.60. The SMILES string of the molecule is COc1ccc(CCNC(=O)C(C)Sc2nccn2-c2cc(C)cc(C)c2)cc1. The van der Waals surface area contributed by atoms with Crippen LogP contribution < -0.4 is 10.1 Å². The number of carbonyl (C=O) groups excluding carboxylic acids is 1. The second kappa shape index (κ2) is 9.65. The van der Waals surface area contributed by atoms with Gasteiger partial charge in [0.25, 0.3) is 0 Å². The van der Waals surface area contributed by atoms with Crippen molar-refractivity contribution in [2.24, 2.45) is 0 Å². The van der Waals surface area contributed by atoms with Crippen LogP contribution in [0.5, 0.6) is 5.75 Å². The van der Waals surface area contributed by atoms with Gasteiger partial charge in [-0.15, -0.1) is 0 Å². The van der Waals surface area contributed by atoms with E-state index >= 15 is 0 Å². The summed E-state index contributed by atoms with van der Waals surface area (Å²) in [7, 11) is 1.65. The number of imidazole rings is 1. The second-order valence-corrected chi connectivity index (χ2v) is 8.38. The van der Waals surface area contributed by atoms with Gasteiger partial charge in [-0.05, 0) is 68.1 Å². The zero-order valence-electron chi connectivity index (χ0n) is 17.3. The van der Waals surface area contributed by atoms with Crippen molar-refractivity contribution in [2.45, 2.75) is 37.6 Å². The Morgan fingerprint density at radius 3 is 2.52 bits per heavy atom. The minimum absolute atomic E-state index is 0.0125. The summed E-state index contributed by atoms with van der Waals surface area (Å²) in [6.45, 7) is 6.67. The van der Waals surface area contributed by atoms with Gasteiger partial charge in [-0.2, -0.15) is 0 Å². The minimum atomic E-state index is -0.238. The lowest BCUT2D eigenvalue weighted by atomic mass is 10.1. The van der Waals surface area contributed by atoms with E-state index in [1.807, 2.05) is 42.0 Å². The number of hydrogen-bond donors (Lipinski definition) is 1. The van der Waals surface area contributed by atoms with Crippen LogP contribution in [0.2, 0.25) is 0 Å². The average molecular weight is 410 g/mol. The van der Waals surface area contributed by atoms with Crippen LogP contribution in [0.15, 0.2) is 60.0 Å². The van der Waals surface area contributed by atoms with Crippen molar-refractivity contribution in [1.29, 1.82) is 0 Å². The molecule has 2 aromatic carbocycles. The summed E-state index contributed by atoms with van der Waals surface area (Å²) in [5.41, 5.74) is 4.63. The lowest BCUT2D eigenvalue weighted by Crippen LogP contribution is -2.32. The lowest BCUT2D eigenvalue weighted by molar-refractivity contribution is -0.120. The van der Waals surface area contributed by atoms with Crippen molar-refractivity contribution in [3.8, 4) is 11.4 Å². The fraction of sp³-hybridized carbons (Fsp3) is 0.304. The summed E-state index contributed by atoms with van der Waals surface area (Å²) in [6.07, 6.45) is 4.49. The zero-order valence-corrected chi connectivity index (χ0v) is 18.1. The van der Waals surface area contributed by atoms with Gasteiger partial charge in [0.05, 0.1) is 12.4 Å². The topological polar surface area (TPSA) is 56.1 Å². The normalized spacial score (nSPS) is 11.9. The molecular formula is C23H27N3O2S. The van der Waals surface area contributed by atoms with Gasteiger partial charge in [0.1, 0.15) is 5.75 Å². The molecule has 3 aromatic rings. The van der Waals surface area contributed by atoms with E-state index in [4.69, 9.17) is 4.74 Å². The Hall–Kier alpha value is -2.73. The molecule has 0 bridgehead atoms. The third kappa shape index (κ3) is 5.64. The van der Waals surface area contributed by atoms with Crippen molar-refractivity contribution < 1.29 is 9.53 Å². The molecule has 0 saturated heterocycles. The summed E-state index contributed by atoms with van der Waals surface area (Å²) in [5.74, 6) is 0.848. The number of aromatic nitrogens is 2. The fourth-order valence-electron chi connectivity index (χ4n) is 3.14. The van der Waals surface area contributed by atoms with E-state index in [1.165, 1.54) is 22.9 Å². The molecule has 1 amide bonds. The van der Waals surface area contributed by atoms with Crippen LogP contribution in [0.3, 0.4) is 0 Å². The maximum Gasteiger partial charge on any atom is 0.233 e. The Balaban J connectivity index is 1.56. The molecule has 1 aromatic heterocycles. The van der Waals surface area contributed by atoms with Crippen molar-refractivity contribution in [3.63, 3.8) is 0 Å². The van der Waals surface area contributed by atoms with Gasteiger partial charge < -0.3 is 10.1 Å². The summed E-state index contributed by atoms with van der Waals surface area (Å²) in [4.78, 5) is 17.0. The molecule has 29 heavy (non-hydrogen) atoms. The Morgan fingerprint density at radius 1 is 1.17 bits per heavy atom. The lowest BCUT2D eigenvalue weighted by Gasteiger charge is -2.14. The van der Waals surface area contributed by atoms with Crippen LogP contribution in [0.1, 0.15) is 23.6 Å². The Kier molecular flexibility index (Phi) is 6.99. The van der Waals surface area contributed by atoms with E-state index in [2.05, 4.69) is 42.3 Å². The van der Waals surface area contributed by atoms with E-state index < -0.39 is 0 Å². The monoisotopic (exact) mass is 409 g/mol. The molecule has 0 aliphatic carbocycles. The molecule has 1 N–H and O–H groups in total. The summed E-state index contributed by atoms with van der Waals surface area (Å²) >= 11 is 1.47. The van der Waals surface area contributed by atoms with Crippen LogP contribution in [0, 0.1) is 13.8 Å². The summed E-state index contributed by atoms with van der Waals surface area (Å²) in [6, 6.07) is 14.3. The zero-order chi connectivity index (χ0) is 20.8. The smallest absolute Gasteiger partial charge is 0.233 e. The highest BCUT2D eigenvalue weighted by Crippen LogP contribution is 2.25. The largest absolute Gasteiger partial charge is 0.497 e. The van der Waals surface area contributed by atoms with Crippen LogP contribution in [0.4, 0.5) is 0 Å². The second-order valence-electron chi connectivity index (χ2n) is 7.07. The molecule has 152 valence electrons. The van der Waals surface area contributed by atoms with E-state index in [-0.39, 0.29) is 11.2 Å². The first-order chi connectivity index (χ1) is 14.0. The van der Waals surface area contributed by atoms with Crippen molar-refractivity contribution in [1.82, 2.24) is 14.9 Å². The number of hydrogen-bond acceptors (Lipinski definition) is 4. The molecule has 5 nitrogen and oxygen atoms in total. The molecule has 0 aliphatic heterocycles. The molecule has 0 saturated carbocycles. The number of rotatable bonds is 8. The van der Waals surface area contributed by atoms with E-state index in [1.54, 1.807) is 13.3 Å². The minimum Gasteiger partial charge on any atom is -0.497 e. The first kappa shape index (κ1) is 21.0. The number of amides is 1. The first-order valence-electron chi connectivity index (χ1n) is 9.65. The predicted molar refractivity (Wildman–Crippen MR) is 118 cm³/mol. The highest BCUT2D eigenvalue weighted by Gasteiger charge is 2.17. The summed E-state index contributed by atoms with van der Waals surface area (Å²) < 4.78 is 7.20. The van der Waals surface area contributed by atoms with Gasteiger partial charge >= 0.3 is 0 Å². The van der Waals surface area contributed by atoms with Gasteiger partial charge in [-0.1, -0.05) is 30.0 Å². The van der Waals surface area contributed by atoms with Crippen LogP contribution in [-0.2, 0) is 11.2 Å². The molecule has 1 atom stereocenters. The number of nitrogens with zero attached hydrogens (tertiary/aromatic N) is 2. The Bertz CT molecular complexity index is 946. The van der Waals surface area contributed by atoms with Gasteiger partial charge in [-0.3, -0.25) is 9.36 Å². The quantitative estimate of drug-likeness (QED) is 0.563. The number of thioether (sulfide) groups is 1.